The molecular formula is C20H25ClN4O. The molecule has 1 aromatic heterocycles. The van der Waals surface area contributed by atoms with E-state index in [2.05, 4.69) is 16.0 Å². The van der Waals surface area contributed by atoms with E-state index in [1.807, 2.05) is 63.4 Å². The van der Waals surface area contributed by atoms with Crippen LogP contribution in [-0.4, -0.2) is 21.5 Å². The molecule has 138 valence electrons. The second-order valence-electron chi connectivity index (χ2n) is 6.46. The van der Waals surface area contributed by atoms with Crippen LogP contribution in [0.25, 0.3) is 22.4 Å². The van der Waals surface area contributed by atoms with Crippen LogP contribution in [0.1, 0.15) is 20.3 Å². The van der Waals surface area contributed by atoms with Crippen LogP contribution >= 0.6 is 12.4 Å². The number of anilines is 1. The van der Waals surface area contributed by atoms with Crippen molar-refractivity contribution in [1.82, 2.24) is 9.55 Å². The van der Waals surface area contributed by atoms with Crippen LogP contribution in [0.5, 0.6) is 0 Å². The molecule has 0 bridgehead atoms. The van der Waals surface area contributed by atoms with Gasteiger partial charge in [0.05, 0.1) is 17.1 Å². The zero-order chi connectivity index (χ0) is 18.0. The van der Waals surface area contributed by atoms with E-state index in [0.717, 1.165) is 34.5 Å². The molecule has 3 rings (SSSR count). The average molecular weight is 373 g/mol. The summed E-state index contributed by atoms with van der Waals surface area (Å²) in [4.78, 5) is 16.9. The minimum atomic E-state index is -0.496. The number of fused-ring (bicyclic) bond motifs is 1. The van der Waals surface area contributed by atoms with Gasteiger partial charge >= 0.3 is 0 Å². The number of aromatic nitrogens is 2. The number of aryl methyl sites for hydroxylation is 1. The van der Waals surface area contributed by atoms with Crippen molar-refractivity contribution >= 4 is 35.0 Å². The van der Waals surface area contributed by atoms with Gasteiger partial charge in [-0.1, -0.05) is 32.4 Å². The van der Waals surface area contributed by atoms with Crippen molar-refractivity contribution in [2.75, 3.05) is 5.32 Å². The van der Waals surface area contributed by atoms with Gasteiger partial charge in [0.25, 0.3) is 0 Å². The highest BCUT2D eigenvalue weighted by molar-refractivity contribution is 5.95. The molecule has 2 aromatic carbocycles. The molecule has 26 heavy (non-hydrogen) atoms. The lowest BCUT2D eigenvalue weighted by molar-refractivity contribution is -0.118. The largest absolute Gasteiger partial charge is 0.327 e. The Bertz CT molecular complexity index is 888. The van der Waals surface area contributed by atoms with Crippen molar-refractivity contribution in [2.24, 2.45) is 18.7 Å². The minimum absolute atomic E-state index is 0. The van der Waals surface area contributed by atoms with E-state index in [-0.39, 0.29) is 24.2 Å². The first-order valence-electron chi connectivity index (χ1n) is 8.59. The van der Waals surface area contributed by atoms with Gasteiger partial charge < -0.3 is 15.6 Å². The van der Waals surface area contributed by atoms with Gasteiger partial charge in [0.1, 0.15) is 5.82 Å². The van der Waals surface area contributed by atoms with E-state index in [0.29, 0.717) is 0 Å². The van der Waals surface area contributed by atoms with Crippen LogP contribution in [-0.2, 0) is 11.8 Å². The van der Waals surface area contributed by atoms with Crippen molar-refractivity contribution in [3.8, 4) is 11.4 Å². The second kappa shape index (κ2) is 8.34. The number of para-hydroxylation sites is 2. The van der Waals surface area contributed by atoms with Crippen molar-refractivity contribution in [3.63, 3.8) is 0 Å². The van der Waals surface area contributed by atoms with Crippen molar-refractivity contribution in [1.29, 1.82) is 0 Å². The number of hydrogen-bond acceptors (Lipinski definition) is 3. The number of carbonyl (C=O) groups excluding carboxylic acids is 1. The lowest BCUT2D eigenvalue weighted by atomic mass is 9.99. The first-order chi connectivity index (χ1) is 12.0. The van der Waals surface area contributed by atoms with Gasteiger partial charge in [-0.15, -0.1) is 12.4 Å². The number of carbonyl (C=O) groups is 1. The number of nitrogens with one attached hydrogen (secondary N) is 1. The van der Waals surface area contributed by atoms with Crippen molar-refractivity contribution in [2.45, 2.75) is 26.3 Å². The number of benzene rings is 2. The quantitative estimate of drug-likeness (QED) is 0.711. The molecule has 2 atom stereocenters. The van der Waals surface area contributed by atoms with Gasteiger partial charge in [-0.3, -0.25) is 4.79 Å². The maximum Gasteiger partial charge on any atom is 0.241 e. The second-order valence-corrected chi connectivity index (χ2v) is 6.46. The number of rotatable bonds is 5. The van der Waals surface area contributed by atoms with Gasteiger partial charge in [0.15, 0.2) is 0 Å². The fraction of sp³-hybridized carbons (Fsp3) is 0.300. The van der Waals surface area contributed by atoms with Gasteiger partial charge in [-0.2, -0.15) is 0 Å². The van der Waals surface area contributed by atoms with Gasteiger partial charge in [0.2, 0.25) is 5.91 Å². The van der Waals surface area contributed by atoms with Crippen molar-refractivity contribution in [3.05, 3.63) is 48.5 Å². The summed E-state index contributed by atoms with van der Waals surface area (Å²) in [5.41, 5.74) is 9.78. The Morgan fingerprint density at radius 1 is 1.19 bits per heavy atom. The Kier molecular flexibility index (Phi) is 6.40. The van der Waals surface area contributed by atoms with Gasteiger partial charge in [0, 0.05) is 18.3 Å². The number of nitrogens with two attached hydrogens (primary N) is 1. The summed E-state index contributed by atoms with van der Waals surface area (Å²) in [6, 6.07) is 15.2. The minimum Gasteiger partial charge on any atom is -0.327 e. The lowest BCUT2D eigenvalue weighted by Gasteiger charge is -2.17. The summed E-state index contributed by atoms with van der Waals surface area (Å²) in [6.45, 7) is 4.02. The maximum absolute atomic E-state index is 12.2. The SMILES string of the molecule is CCC(C)C(N)C(=O)Nc1ccc(-c2nc3ccccc3n2C)cc1.Cl. The van der Waals surface area contributed by atoms with Crippen LogP contribution in [0, 0.1) is 5.92 Å². The summed E-state index contributed by atoms with van der Waals surface area (Å²) in [6.07, 6.45) is 0.875. The molecule has 0 aliphatic heterocycles. The smallest absolute Gasteiger partial charge is 0.241 e. The Labute approximate surface area is 160 Å². The van der Waals surface area contributed by atoms with E-state index < -0.39 is 6.04 Å². The van der Waals surface area contributed by atoms with Crippen molar-refractivity contribution < 1.29 is 4.79 Å². The number of hydrogen-bond donors (Lipinski definition) is 2. The molecule has 3 N–H and O–H groups in total. The molecule has 0 aliphatic carbocycles. The van der Waals surface area contributed by atoms with E-state index >= 15 is 0 Å². The molecule has 0 saturated heterocycles. The fourth-order valence-corrected chi connectivity index (χ4v) is 2.84. The van der Waals surface area contributed by atoms with E-state index in [1.54, 1.807) is 0 Å². The Hall–Kier alpha value is -2.37. The molecule has 0 radical (unpaired) electrons. The van der Waals surface area contributed by atoms with Crippen LogP contribution in [0.3, 0.4) is 0 Å². The number of halogens is 1. The van der Waals surface area contributed by atoms with Crippen LogP contribution in [0.15, 0.2) is 48.5 Å². The molecule has 0 saturated carbocycles. The van der Waals surface area contributed by atoms with Gasteiger partial charge in [-0.05, 0) is 42.3 Å². The average Bonchev–Trinajstić information content (AvgIpc) is 2.98. The Balaban J connectivity index is 0.00000243. The highest BCUT2D eigenvalue weighted by atomic mass is 35.5. The standard InChI is InChI=1S/C20H24N4O.ClH/c1-4-13(2)18(21)20(25)22-15-11-9-14(10-12-15)19-23-16-7-5-6-8-17(16)24(19)3;/h5-13,18H,4,21H2,1-3H3,(H,22,25);1H. The molecule has 3 aromatic rings. The van der Waals surface area contributed by atoms with Crippen LogP contribution in [0.2, 0.25) is 0 Å². The molecule has 6 heteroatoms. The number of nitrogens with zero attached hydrogens (tertiary/aromatic N) is 2. The Morgan fingerprint density at radius 3 is 2.46 bits per heavy atom. The monoisotopic (exact) mass is 372 g/mol. The highest BCUT2D eigenvalue weighted by Gasteiger charge is 2.19. The topological polar surface area (TPSA) is 72.9 Å². The van der Waals surface area contributed by atoms with Gasteiger partial charge in [-0.25, -0.2) is 4.98 Å². The predicted molar refractivity (Wildman–Crippen MR) is 109 cm³/mol. The Morgan fingerprint density at radius 2 is 1.85 bits per heavy atom. The van der Waals surface area contributed by atoms with Crippen LogP contribution in [0.4, 0.5) is 5.69 Å². The lowest BCUT2D eigenvalue weighted by Crippen LogP contribution is -2.40. The van der Waals surface area contributed by atoms with E-state index in [1.165, 1.54) is 0 Å². The zero-order valence-corrected chi connectivity index (χ0v) is 16.1. The summed E-state index contributed by atoms with van der Waals surface area (Å²) < 4.78 is 2.07. The molecule has 1 amide bonds. The van der Waals surface area contributed by atoms with E-state index in [9.17, 15) is 4.79 Å². The number of amides is 1. The third kappa shape index (κ3) is 3.89. The molecule has 0 fully saturated rings. The molecule has 2 unspecified atom stereocenters. The first-order valence-corrected chi connectivity index (χ1v) is 8.59. The summed E-state index contributed by atoms with van der Waals surface area (Å²) in [5, 5.41) is 2.89. The normalized spacial score (nSPS) is 13.1. The van der Waals surface area contributed by atoms with Crippen LogP contribution < -0.4 is 11.1 Å². The summed E-state index contributed by atoms with van der Waals surface area (Å²) >= 11 is 0. The number of imidazole rings is 1. The third-order valence-corrected chi connectivity index (χ3v) is 4.76. The molecule has 5 nitrogen and oxygen atoms in total. The molecule has 1 heterocycles. The summed E-state index contributed by atoms with van der Waals surface area (Å²) in [5.74, 6) is 0.902. The molecule has 0 aliphatic rings. The fourth-order valence-electron chi connectivity index (χ4n) is 2.84. The maximum atomic E-state index is 12.2. The summed E-state index contributed by atoms with van der Waals surface area (Å²) in [7, 11) is 2.01. The third-order valence-electron chi connectivity index (χ3n) is 4.76. The molecular weight excluding hydrogens is 348 g/mol. The van der Waals surface area contributed by atoms with E-state index in [4.69, 9.17) is 10.7 Å². The predicted octanol–water partition coefficient (Wildman–Crippen LogP) is 3.97. The highest BCUT2D eigenvalue weighted by Crippen LogP contribution is 2.24. The first kappa shape index (κ1) is 19.9. The molecule has 0 spiro atoms. The zero-order valence-electron chi connectivity index (χ0n) is 15.3.